The largest absolute Gasteiger partial charge is 0.479 e. The molecular formula is C17H15N3O5. The van der Waals surface area contributed by atoms with Crippen LogP contribution in [0.15, 0.2) is 36.4 Å². The molecule has 1 atom stereocenters. The Morgan fingerprint density at radius 2 is 2.04 bits per heavy atom. The van der Waals surface area contributed by atoms with Crippen LogP contribution in [0.1, 0.15) is 22.8 Å². The van der Waals surface area contributed by atoms with Crippen molar-refractivity contribution in [2.45, 2.75) is 20.0 Å². The summed E-state index contributed by atoms with van der Waals surface area (Å²) >= 11 is 0. The molecule has 2 aromatic carbocycles. The maximum Gasteiger partial charge on any atom is 0.272 e. The first-order chi connectivity index (χ1) is 11.8. The summed E-state index contributed by atoms with van der Waals surface area (Å²) in [6, 6.07) is 9.05. The second-order valence-corrected chi connectivity index (χ2v) is 5.67. The van der Waals surface area contributed by atoms with Gasteiger partial charge in [0.25, 0.3) is 17.5 Å². The lowest BCUT2D eigenvalue weighted by molar-refractivity contribution is -0.385. The maximum absolute atomic E-state index is 12.3. The highest BCUT2D eigenvalue weighted by atomic mass is 16.6. The number of carbonyl (C=O) groups excluding carboxylic acids is 2. The van der Waals surface area contributed by atoms with Crippen molar-refractivity contribution in [1.29, 1.82) is 0 Å². The van der Waals surface area contributed by atoms with Crippen LogP contribution in [0, 0.1) is 17.0 Å². The number of nitro benzene ring substituents is 1. The van der Waals surface area contributed by atoms with Crippen LogP contribution in [0.5, 0.6) is 5.75 Å². The third kappa shape index (κ3) is 3.27. The van der Waals surface area contributed by atoms with Gasteiger partial charge in [-0.3, -0.25) is 19.7 Å². The number of nitrogens with one attached hydrogen (secondary N) is 2. The normalized spacial score (nSPS) is 15.6. The zero-order chi connectivity index (χ0) is 18.1. The summed E-state index contributed by atoms with van der Waals surface area (Å²) in [5, 5.41) is 16.2. The van der Waals surface area contributed by atoms with Crippen LogP contribution in [0.4, 0.5) is 17.1 Å². The van der Waals surface area contributed by atoms with E-state index in [0.717, 1.165) is 0 Å². The van der Waals surface area contributed by atoms with Gasteiger partial charge in [0.15, 0.2) is 6.10 Å². The molecule has 2 N–H and O–H groups in total. The summed E-state index contributed by atoms with van der Waals surface area (Å²) in [5.41, 5.74) is 1.60. The zero-order valence-corrected chi connectivity index (χ0v) is 13.5. The number of amides is 2. The van der Waals surface area contributed by atoms with Gasteiger partial charge in [-0.15, -0.1) is 0 Å². The zero-order valence-electron chi connectivity index (χ0n) is 13.5. The smallest absolute Gasteiger partial charge is 0.272 e. The van der Waals surface area contributed by atoms with Crippen LogP contribution in [-0.4, -0.2) is 22.8 Å². The molecular weight excluding hydrogens is 326 g/mol. The number of nitro groups is 1. The van der Waals surface area contributed by atoms with Gasteiger partial charge < -0.3 is 15.4 Å². The summed E-state index contributed by atoms with van der Waals surface area (Å²) in [6.45, 7) is 3.22. The molecule has 0 fully saturated rings. The van der Waals surface area contributed by atoms with E-state index in [2.05, 4.69) is 10.6 Å². The average molecular weight is 341 g/mol. The van der Waals surface area contributed by atoms with Gasteiger partial charge in [-0.2, -0.15) is 0 Å². The first-order valence-electron chi connectivity index (χ1n) is 7.53. The monoisotopic (exact) mass is 341 g/mol. The van der Waals surface area contributed by atoms with Crippen molar-refractivity contribution in [2.75, 3.05) is 10.6 Å². The topological polar surface area (TPSA) is 111 Å². The lowest BCUT2D eigenvalue weighted by Crippen LogP contribution is -2.34. The van der Waals surface area contributed by atoms with E-state index in [1.807, 2.05) is 0 Å². The molecule has 0 bridgehead atoms. The fourth-order valence-corrected chi connectivity index (χ4v) is 2.49. The van der Waals surface area contributed by atoms with Crippen LogP contribution in [0.3, 0.4) is 0 Å². The Kier molecular flexibility index (Phi) is 4.10. The van der Waals surface area contributed by atoms with E-state index in [4.69, 9.17) is 4.74 Å². The summed E-state index contributed by atoms with van der Waals surface area (Å²) in [4.78, 5) is 34.3. The van der Waals surface area contributed by atoms with E-state index >= 15 is 0 Å². The molecule has 1 aliphatic rings. The van der Waals surface area contributed by atoms with Gasteiger partial charge in [0.2, 0.25) is 0 Å². The molecule has 3 rings (SSSR count). The van der Waals surface area contributed by atoms with E-state index in [0.29, 0.717) is 28.3 Å². The number of nitrogens with zero attached hydrogens (tertiary/aromatic N) is 1. The molecule has 0 radical (unpaired) electrons. The molecule has 0 aromatic heterocycles. The summed E-state index contributed by atoms with van der Waals surface area (Å²) in [6.07, 6.45) is -0.573. The van der Waals surface area contributed by atoms with Crippen LogP contribution in [-0.2, 0) is 4.79 Å². The Morgan fingerprint density at radius 3 is 2.72 bits per heavy atom. The molecule has 0 spiro atoms. The van der Waals surface area contributed by atoms with Gasteiger partial charge in [-0.1, -0.05) is 0 Å². The number of hydrogen-bond donors (Lipinski definition) is 2. The number of fused-ring (bicyclic) bond motifs is 1. The fourth-order valence-electron chi connectivity index (χ4n) is 2.49. The van der Waals surface area contributed by atoms with Crippen LogP contribution in [0.2, 0.25) is 0 Å². The molecule has 0 unspecified atom stereocenters. The lowest BCUT2D eigenvalue weighted by Gasteiger charge is -2.23. The lowest BCUT2D eigenvalue weighted by atomic mass is 10.1. The van der Waals surface area contributed by atoms with Gasteiger partial charge >= 0.3 is 0 Å². The third-order valence-electron chi connectivity index (χ3n) is 3.82. The molecule has 8 heteroatoms. The van der Waals surface area contributed by atoms with Crippen LogP contribution < -0.4 is 15.4 Å². The van der Waals surface area contributed by atoms with Crippen molar-refractivity contribution in [2.24, 2.45) is 0 Å². The Morgan fingerprint density at radius 1 is 1.28 bits per heavy atom. The minimum atomic E-state index is -0.573. The summed E-state index contributed by atoms with van der Waals surface area (Å²) < 4.78 is 5.45. The van der Waals surface area contributed by atoms with Crippen molar-refractivity contribution in [1.82, 2.24) is 0 Å². The Hall–Kier alpha value is -3.42. The molecule has 2 amide bonds. The number of rotatable bonds is 3. The molecule has 0 aliphatic carbocycles. The molecule has 0 saturated heterocycles. The molecule has 2 aromatic rings. The number of ether oxygens (including phenoxy) is 1. The van der Waals surface area contributed by atoms with E-state index in [1.165, 1.54) is 18.2 Å². The molecule has 1 aliphatic heterocycles. The number of benzene rings is 2. The number of anilines is 2. The highest BCUT2D eigenvalue weighted by Gasteiger charge is 2.23. The molecule has 1 heterocycles. The minimum absolute atomic E-state index is 0.0423. The number of carbonyl (C=O) groups is 2. The van der Waals surface area contributed by atoms with Gasteiger partial charge in [0, 0.05) is 22.9 Å². The standard InChI is InChI=1S/C17H15N3O5/c1-9-7-11(3-5-14(9)20(23)24)17(22)18-12-4-6-15-13(8-12)19-16(21)10(2)25-15/h3-8,10H,1-2H3,(H,18,22)(H,19,21)/t10-/m1/s1. The number of aryl methyl sites for hydroxylation is 1. The predicted octanol–water partition coefficient (Wildman–Crippen LogP) is 2.87. The molecule has 128 valence electrons. The van der Waals surface area contributed by atoms with E-state index in [9.17, 15) is 19.7 Å². The average Bonchev–Trinajstić information content (AvgIpc) is 2.55. The summed E-state index contributed by atoms with van der Waals surface area (Å²) in [5.74, 6) is -0.146. The quantitative estimate of drug-likeness (QED) is 0.659. The Bertz CT molecular complexity index is 894. The van der Waals surface area contributed by atoms with Crippen LogP contribution in [0.25, 0.3) is 0 Å². The van der Waals surface area contributed by atoms with E-state index in [-0.39, 0.29) is 11.6 Å². The third-order valence-corrected chi connectivity index (χ3v) is 3.82. The molecule has 25 heavy (non-hydrogen) atoms. The van der Waals surface area contributed by atoms with Crippen molar-refractivity contribution in [3.8, 4) is 5.75 Å². The first-order valence-corrected chi connectivity index (χ1v) is 7.53. The van der Waals surface area contributed by atoms with Gasteiger partial charge in [-0.05, 0) is 44.2 Å². The first kappa shape index (κ1) is 16.4. The highest BCUT2D eigenvalue weighted by molar-refractivity contribution is 6.05. The summed E-state index contributed by atoms with van der Waals surface area (Å²) in [7, 11) is 0. The highest BCUT2D eigenvalue weighted by Crippen LogP contribution is 2.32. The van der Waals surface area contributed by atoms with Gasteiger partial charge in [0.05, 0.1) is 10.6 Å². The Labute approximate surface area is 142 Å². The predicted molar refractivity (Wildman–Crippen MR) is 90.9 cm³/mol. The maximum atomic E-state index is 12.3. The van der Waals surface area contributed by atoms with Crippen LogP contribution >= 0.6 is 0 Å². The molecule has 8 nitrogen and oxygen atoms in total. The SMILES string of the molecule is Cc1cc(C(=O)Nc2ccc3c(c2)NC(=O)[C@@H](C)O3)ccc1[N+](=O)[O-]. The van der Waals surface area contributed by atoms with Crippen molar-refractivity contribution in [3.63, 3.8) is 0 Å². The van der Waals surface area contributed by atoms with Crippen molar-refractivity contribution in [3.05, 3.63) is 57.6 Å². The molecule has 0 saturated carbocycles. The minimum Gasteiger partial charge on any atom is -0.479 e. The van der Waals surface area contributed by atoms with E-state index in [1.54, 1.807) is 32.0 Å². The van der Waals surface area contributed by atoms with Crippen molar-refractivity contribution < 1.29 is 19.2 Å². The van der Waals surface area contributed by atoms with Gasteiger partial charge in [-0.25, -0.2) is 0 Å². The second-order valence-electron chi connectivity index (χ2n) is 5.67. The van der Waals surface area contributed by atoms with E-state index < -0.39 is 16.9 Å². The number of hydrogen-bond acceptors (Lipinski definition) is 5. The second kappa shape index (κ2) is 6.23. The van der Waals surface area contributed by atoms with Crippen molar-refractivity contribution >= 4 is 28.9 Å². The fraction of sp³-hybridized carbons (Fsp3) is 0.176. The van der Waals surface area contributed by atoms with Gasteiger partial charge in [0.1, 0.15) is 5.75 Å². The Balaban J connectivity index is 1.80.